The molecule has 144 valence electrons. The molecule has 2 aromatic heterocycles. The van der Waals surface area contributed by atoms with Gasteiger partial charge in [0.1, 0.15) is 0 Å². The van der Waals surface area contributed by atoms with Gasteiger partial charge in [-0.05, 0) is 34.6 Å². The van der Waals surface area contributed by atoms with Crippen molar-refractivity contribution >= 4 is 28.8 Å². The summed E-state index contributed by atoms with van der Waals surface area (Å²) in [4.78, 5) is 43.6. The number of fused-ring (bicyclic) bond motifs is 1. The van der Waals surface area contributed by atoms with Crippen LogP contribution in [0, 0.1) is 0 Å². The third kappa shape index (κ3) is 3.44. The fourth-order valence-corrected chi connectivity index (χ4v) is 4.13. The number of carbonyl (C=O) groups is 1. The van der Waals surface area contributed by atoms with Gasteiger partial charge >= 0.3 is 5.69 Å². The van der Waals surface area contributed by atoms with Gasteiger partial charge in [-0.2, -0.15) is 0 Å². The van der Waals surface area contributed by atoms with Gasteiger partial charge in [0, 0.05) is 32.7 Å². The van der Waals surface area contributed by atoms with Crippen LogP contribution < -0.4 is 11.2 Å². The van der Waals surface area contributed by atoms with E-state index < -0.39 is 5.69 Å². The van der Waals surface area contributed by atoms with Crippen molar-refractivity contribution in [1.82, 2.24) is 23.6 Å². The summed E-state index contributed by atoms with van der Waals surface area (Å²) in [5.41, 5.74) is -0.0561. The number of carbonyl (C=O) groups excluding carboxylic acids is 1. The van der Waals surface area contributed by atoms with Crippen LogP contribution in [0.25, 0.3) is 11.2 Å². The monoisotopic (exact) mass is 381 g/mol. The molecule has 0 spiro atoms. The molecule has 0 saturated carbocycles. The maximum atomic E-state index is 12.6. The van der Waals surface area contributed by atoms with Crippen molar-refractivity contribution in [3.63, 3.8) is 0 Å². The summed E-state index contributed by atoms with van der Waals surface area (Å²) in [5.74, 6) is 0.255. The Labute approximate surface area is 156 Å². The second-order valence-electron chi connectivity index (χ2n) is 6.79. The molecule has 0 unspecified atom stereocenters. The summed E-state index contributed by atoms with van der Waals surface area (Å²) in [6, 6.07) is 0.224. The molecule has 26 heavy (non-hydrogen) atoms. The zero-order valence-corrected chi connectivity index (χ0v) is 17.3. The molecule has 1 amide bonds. The molecular formula is C17H27N5O3S. The van der Waals surface area contributed by atoms with Crippen LogP contribution in [-0.4, -0.2) is 47.3 Å². The molecule has 0 aliphatic heterocycles. The Morgan fingerprint density at radius 1 is 1.12 bits per heavy atom. The number of imidazole rings is 1. The zero-order chi connectivity index (χ0) is 19.8. The molecule has 8 nitrogen and oxygen atoms in total. The number of amides is 1. The second-order valence-corrected chi connectivity index (χ2v) is 7.74. The van der Waals surface area contributed by atoms with Gasteiger partial charge in [0.2, 0.25) is 5.91 Å². The van der Waals surface area contributed by atoms with E-state index in [9.17, 15) is 14.4 Å². The van der Waals surface area contributed by atoms with E-state index >= 15 is 0 Å². The largest absolute Gasteiger partial charge is 0.337 e. The minimum Gasteiger partial charge on any atom is -0.337 e. The number of hydrogen-bond acceptors (Lipinski definition) is 5. The smallest absolute Gasteiger partial charge is 0.332 e. The Balaban J connectivity index is 2.44. The number of thioether (sulfide) groups is 1. The molecule has 2 aromatic rings. The molecule has 0 saturated heterocycles. The standard InChI is InChI=1S/C17H27N5O3S/c1-8-21-13-14(19(6)17(25)20(7)15(13)24)18-16(21)26-9-12(23)22(10(2)3)11(4)5/h10-11H,8-9H2,1-7H3. The van der Waals surface area contributed by atoms with E-state index in [2.05, 4.69) is 4.98 Å². The van der Waals surface area contributed by atoms with E-state index in [-0.39, 0.29) is 29.3 Å². The van der Waals surface area contributed by atoms with E-state index in [1.165, 1.54) is 23.4 Å². The Morgan fingerprint density at radius 2 is 1.69 bits per heavy atom. The first-order chi connectivity index (χ1) is 12.1. The normalized spacial score (nSPS) is 11.7. The van der Waals surface area contributed by atoms with E-state index in [1.807, 2.05) is 39.5 Å². The van der Waals surface area contributed by atoms with Crippen LogP contribution in [0.3, 0.4) is 0 Å². The summed E-state index contributed by atoms with van der Waals surface area (Å²) in [6.07, 6.45) is 0. The summed E-state index contributed by atoms with van der Waals surface area (Å²) >= 11 is 1.29. The van der Waals surface area contributed by atoms with Crippen LogP contribution in [0.1, 0.15) is 34.6 Å². The van der Waals surface area contributed by atoms with Crippen molar-refractivity contribution < 1.29 is 4.79 Å². The molecule has 0 fully saturated rings. The molecule has 2 rings (SSSR count). The highest BCUT2D eigenvalue weighted by molar-refractivity contribution is 7.99. The Kier molecular flexibility index (Phi) is 6.00. The molecule has 0 aliphatic rings. The van der Waals surface area contributed by atoms with Crippen LogP contribution in [0.15, 0.2) is 14.7 Å². The average Bonchev–Trinajstić information content (AvgIpc) is 2.94. The summed E-state index contributed by atoms with van der Waals surface area (Å²) in [5, 5.41) is 0.571. The van der Waals surface area contributed by atoms with Crippen LogP contribution in [0.4, 0.5) is 0 Å². The molecule has 9 heteroatoms. The molecular weight excluding hydrogens is 354 g/mol. The van der Waals surface area contributed by atoms with E-state index in [1.54, 1.807) is 11.6 Å². The highest BCUT2D eigenvalue weighted by atomic mass is 32.2. The van der Waals surface area contributed by atoms with E-state index in [0.29, 0.717) is 22.9 Å². The summed E-state index contributed by atoms with van der Waals surface area (Å²) in [7, 11) is 3.05. The average molecular weight is 382 g/mol. The second kappa shape index (κ2) is 7.69. The molecule has 0 atom stereocenters. The fourth-order valence-electron chi connectivity index (χ4n) is 3.20. The van der Waals surface area contributed by atoms with Gasteiger partial charge in [-0.3, -0.25) is 18.7 Å². The van der Waals surface area contributed by atoms with E-state index in [4.69, 9.17) is 0 Å². The van der Waals surface area contributed by atoms with Crippen molar-refractivity contribution in [2.24, 2.45) is 14.1 Å². The van der Waals surface area contributed by atoms with Gasteiger partial charge in [-0.25, -0.2) is 9.78 Å². The first kappa shape index (κ1) is 20.3. The van der Waals surface area contributed by atoms with E-state index in [0.717, 1.165) is 4.57 Å². The predicted octanol–water partition coefficient (Wildman–Crippen LogP) is 1.19. The van der Waals surface area contributed by atoms with Crippen molar-refractivity contribution in [2.45, 2.75) is 58.4 Å². The summed E-state index contributed by atoms with van der Waals surface area (Å²) in [6.45, 7) is 10.4. The van der Waals surface area contributed by atoms with Gasteiger partial charge in [-0.15, -0.1) is 0 Å². The Bertz CT molecular complexity index is 930. The molecule has 0 aliphatic carbocycles. The summed E-state index contributed by atoms with van der Waals surface area (Å²) < 4.78 is 4.21. The topological polar surface area (TPSA) is 82.1 Å². The zero-order valence-electron chi connectivity index (χ0n) is 16.4. The van der Waals surface area contributed by atoms with Crippen LogP contribution >= 0.6 is 11.8 Å². The number of rotatable bonds is 6. The Hall–Kier alpha value is -2.03. The van der Waals surface area contributed by atoms with Crippen molar-refractivity contribution in [3.05, 3.63) is 20.8 Å². The third-order valence-electron chi connectivity index (χ3n) is 4.35. The lowest BCUT2D eigenvalue weighted by molar-refractivity contribution is -0.131. The van der Waals surface area contributed by atoms with Crippen LogP contribution in [-0.2, 0) is 25.4 Å². The number of hydrogen-bond donors (Lipinski definition) is 0. The highest BCUT2D eigenvalue weighted by Gasteiger charge is 2.23. The maximum Gasteiger partial charge on any atom is 0.332 e. The first-order valence-electron chi connectivity index (χ1n) is 8.71. The quantitative estimate of drug-likeness (QED) is 0.702. The van der Waals surface area contributed by atoms with Crippen molar-refractivity contribution in [2.75, 3.05) is 5.75 Å². The van der Waals surface area contributed by atoms with Crippen LogP contribution in [0.2, 0.25) is 0 Å². The third-order valence-corrected chi connectivity index (χ3v) is 5.32. The number of aryl methyl sites for hydroxylation is 2. The highest BCUT2D eigenvalue weighted by Crippen LogP contribution is 2.22. The lowest BCUT2D eigenvalue weighted by Crippen LogP contribution is -2.43. The molecule has 0 aromatic carbocycles. The maximum absolute atomic E-state index is 12.6. The number of aromatic nitrogens is 4. The Morgan fingerprint density at radius 3 is 2.19 bits per heavy atom. The van der Waals surface area contributed by atoms with Gasteiger partial charge in [0.15, 0.2) is 16.3 Å². The lowest BCUT2D eigenvalue weighted by Gasteiger charge is -2.30. The van der Waals surface area contributed by atoms with Gasteiger partial charge in [0.05, 0.1) is 5.75 Å². The van der Waals surface area contributed by atoms with Crippen molar-refractivity contribution in [1.29, 1.82) is 0 Å². The van der Waals surface area contributed by atoms with Gasteiger partial charge in [-0.1, -0.05) is 11.8 Å². The van der Waals surface area contributed by atoms with Gasteiger partial charge in [0.25, 0.3) is 5.56 Å². The first-order valence-corrected chi connectivity index (χ1v) is 9.70. The molecule has 0 radical (unpaired) electrons. The molecule has 2 heterocycles. The minimum atomic E-state index is -0.415. The minimum absolute atomic E-state index is 0.0245. The SMILES string of the molecule is CCn1c(SCC(=O)N(C(C)C)C(C)C)nc2c1c(=O)n(C)c(=O)n2C. The molecule has 0 N–H and O–H groups in total. The lowest BCUT2D eigenvalue weighted by atomic mass is 10.2. The van der Waals surface area contributed by atoms with Crippen LogP contribution in [0.5, 0.6) is 0 Å². The number of nitrogens with zero attached hydrogens (tertiary/aromatic N) is 5. The van der Waals surface area contributed by atoms with Gasteiger partial charge < -0.3 is 9.47 Å². The fraction of sp³-hybridized carbons (Fsp3) is 0.647. The van der Waals surface area contributed by atoms with Crippen molar-refractivity contribution in [3.8, 4) is 0 Å². The predicted molar refractivity (Wildman–Crippen MR) is 104 cm³/mol. The molecule has 0 bridgehead atoms.